The Balaban J connectivity index is 1.93. The van der Waals surface area contributed by atoms with Gasteiger partial charge in [-0.1, -0.05) is 0 Å². The first-order valence-electron chi connectivity index (χ1n) is 6.59. The molecule has 0 aromatic carbocycles. The van der Waals surface area contributed by atoms with Gasteiger partial charge in [0.1, 0.15) is 6.33 Å². The molecule has 6 nitrogen and oxygen atoms in total. The molecular weight excluding hydrogens is 254 g/mol. The Kier molecular flexibility index (Phi) is 4.45. The van der Waals surface area contributed by atoms with E-state index in [-0.39, 0.29) is 11.9 Å². The van der Waals surface area contributed by atoms with Crippen LogP contribution in [-0.2, 0) is 11.3 Å². The molecule has 0 aliphatic carbocycles. The van der Waals surface area contributed by atoms with Gasteiger partial charge < -0.3 is 4.90 Å². The number of nitrogens with zero attached hydrogens (tertiary/aromatic N) is 5. The third-order valence-corrected chi connectivity index (χ3v) is 3.47. The van der Waals surface area contributed by atoms with Crippen LogP contribution in [0.1, 0.15) is 30.8 Å². The van der Waals surface area contributed by atoms with Gasteiger partial charge in [0, 0.05) is 38.1 Å². The molecule has 0 aliphatic heterocycles. The average molecular weight is 273 g/mol. The lowest BCUT2D eigenvalue weighted by atomic mass is 10.2. The minimum Gasteiger partial charge on any atom is -0.337 e. The highest BCUT2D eigenvalue weighted by Crippen LogP contribution is 2.16. The van der Waals surface area contributed by atoms with E-state index >= 15 is 0 Å². The second-order valence-electron chi connectivity index (χ2n) is 4.76. The van der Waals surface area contributed by atoms with Gasteiger partial charge in [0.2, 0.25) is 5.91 Å². The fourth-order valence-electron chi connectivity index (χ4n) is 1.97. The summed E-state index contributed by atoms with van der Waals surface area (Å²) in [7, 11) is 1.80. The van der Waals surface area contributed by atoms with Crippen LogP contribution < -0.4 is 0 Å². The van der Waals surface area contributed by atoms with Gasteiger partial charge in [-0.15, -0.1) is 0 Å². The van der Waals surface area contributed by atoms with Crippen LogP contribution in [0.2, 0.25) is 0 Å². The molecule has 0 saturated heterocycles. The highest BCUT2D eigenvalue weighted by molar-refractivity contribution is 5.76. The van der Waals surface area contributed by atoms with Crippen LogP contribution in [0, 0.1) is 6.92 Å². The lowest BCUT2D eigenvalue weighted by Crippen LogP contribution is -2.31. The van der Waals surface area contributed by atoms with Crippen LogP contribution in [0.5, 0.6) is 0 Å². The van der Waals surface area contributed by atoms with E-state index in [9.17, 15) is 4.79 Å². The van der Waals surface area contributed by atoms with Crippen molar-refractivity contribution in [3.63, 3.8) is 0 Å². The second kappa shape index (κ2) is 6.27. The van der Waals surface area contributed by atoms with Crippen LogP contribution >= 0.6 is 0 Å². The average Bonchev–Trinajstić information content (AvgIpc) is 2.89. The first-order chi connectivity index (χ1) is 9.59. The van der Waals surface area contributed by atoms with Crippen LogP contribution in [-0.4, -0.2) is 37.6 Å². The fraction of sp³-hybridized carbons (Fsp3) is 0.429. The summed E-state index contributed by atoms with van der Waals surface area (Å²) in [6.45, 7) is 4.53. The molecule has 0 aliphatic rings. The topological polar surface area (TPSA) is 63.9 Å². The Labute approximate surface area is 118 Å². The molecule has 0 saturated carbocycles. The van der Waals surface area contributed by atoms with Crippen LogP contribution in [0.4, 0.5) is 0 Å². The summed E-state index contributed by atoms with van der Waals surface area (Å²) in [6.07, 6.45) is 5.35. The van der Waals surface area contributed by atoms with Crippen LogP contribution in [0.25, 0.3) is 0 Å². The number of aromatic nitrogens is 4. The van der Waals surface area contributed by atoms with Crippen molar-refractivity contribution < 1.29 is 4.79 Å². The van der Waals surface area contributed by atoms with Gasteiger partial charge in [0.05, 0.1) is 11.7 Å². The molecule has 0 bridgehead atoms. The van der Waals surface area contributed by atoms with Crippen molar-refractivity contribution in [2.45, 2.75) is 32.9 Å². The molecule has 0 spiro atoms. The maximum atomic E-state index is 12.2. The Morgan fingerprint density at radius 3 is 2.80 bits per heavy atom. The number of hydrogen-bond donors (Lipinski definition) is 0. The number of carbonyl (C=O) groups excluding carboxylic acids is 1. The molecule has 2 aromatic heterocycles. The summed E-state index contributed by atoms with van der Waals surface area (Å²) in [5.74, 6) is 0.0750. The SMILES string of the molecule is Cc1ccnn1CCC(=O)N(C)[C@H](C)c1ccncn1. The van der Waals surface area contributed by atoms with Crippen LogP contribution in [0.15, 0.2) is 30.9 Å². The number of hydrogen-bond acceptors (Lipinski definition) is 4. The first-order valence-corrected chi connectivity index (χ1v) is 6.59. The van der Waals surface area contributed by atoms with Crippen molar-refractivity contribution in [3.8, 4) is 0 Å². The standard InChI is InChI=1S/C14H19N5O/c1-11-4-8-17-19(11)9-6-14(20)18(3)12(2)13-5-7-15-10-16-13/h4-5,7-8,10,12H,6,9H2,1-3H3/t12-/m1/s1. The molecule has 6 heteroatoms. The van der Waals surface area contributed by atoms with Gasteiger partial charge in [-0.05, 0) is 26.0 Å². The van der Waals surface area contributed by atoms with Crippen molar-refractivity contribution in [2.75, 3.05) is 7.05 Å². The van der Waals surface area contributed by atoms with Crippen molar-refractivity contribution in [1.29, 1.82) is 0 Å². The van der Waals surface area contributed by atoms with E-state index in [0.29, 0.717) is 13.0 Å². The summed E-state index contributed by atoms with van der Waals surface area (Å²) >= 11 is 0. The molecule has 0 N–H and O–H groups in total. The molecule has 2 heterocycles. The van der Waals surface area contributed by atoms with Crippen LogP contribution in [0.3, 0.4) is 0 Å². The quantitative estimate of drug-likeness (QED) is 0.830. The lowest BCUT2D eigenvalue weighted by molar-refractivity contribution is -0.132. The minimum atomic E-state index is -0.0655. The Morgan fingerprint density at radius 2 is 2.20 bits per heavy atom. The molecule has 2 rings (SSSR count). The summed E-state index contributed by atoms with van der Waals surface area (Å²) in [6, 6.07) is 3.69. The minimum absolute atomic E-state index is 0.0655. The molecule has 20 heavy (non-hydrogen) atoms. The molecule has 106 valence electrons. The number of amides is 1. The molecule has 1 atom stereocenters. The third-order valence-electron chi connectivity index (χ3n) is 3.47. The van der Waals surface area contributed by atoms with Crippen molar-refractivity contribution in [1.82, 2.24) is 24.6 Å². The predicted octanol–water partition coefficient (Wildman–Crippen LogP) is 1.59. The van der Waals surface area contributed by atoms with Gasteiger partial charge in [-0.2, -0.15) is 5.10 Å². The fourth-order valence-corrected chi connectivity index (χ4v) is 1.97. The third kappa shape index (κ3) is 3.20. The first kappa shape index (κ1) is 14.2. The van der Waals surface area contributed by atoms with Gasteiger partial charge in [-0.25, -0.2) is 9.97 Å². The van der Waals surface area contributed by atoms with E-state index in [2.05, 4.69) is 15.1 Å². The highest BCUT2D eigenvalue weighted by Gasteiger charge is 2.18. The molecular formula is C14H19N5O. The van der Waals surface area contributed by atoms with E-state index < -0.39 is 0 Å². The van der Waals surface area contributed by atoms with Crippen molar-refractivity contribution >= 4 is 5.91 Å². The molecule has 2 aromatic rings. The highest BCUT2D eigenvalue weighted by atomic mass is 16.2. The number of aryl methyl sites for hydroxylation is 2. The Bertz CT molecular complexity index is 566. The van der Waals surface area contributed by atoms with Crippen molar-refractivity contribution in [3.05, 3.63) is 42.2 Å². The largest absolute Gasteiger partial charge is 0.337 e. The Morgan fingerprint density at radius 1 is 1.40 bits per heavy atom. The van der Waals surface area contributed by atoms with E-state index in [4.69, 9.17) is 0 Å². The second-order valence-corrected chi connectivity index (χ2v) is 4.76. The summed E-state index contributed by atoms with van der Waals surface area (Å²) in [4.78, 5) is 22.0. The number of carbonyl (C=O) groups is 1. The molecule has 0 fully saturated rings. The zero-order valence-corrected chi connectivity index (χ0v) is 12.0. The predicted molar refractivity (Wildman–Crippen MR) is 74.8 cm³/mol. The zero-order valence-electron chi connectivity index (χ0n) is 12.0. The van der Waals surface area contributed by atoms with Gasteiger partial charge in [0.25, 0.3) is 0 Å². The summed E-state index contributed by atoms with van der Waals surface area (Å²) in [5, 5.41) is 4.18. The summed E-state index contributed by atoms with van der Waals surface area (Å²) in [5.41, 5.74) is 1.90. The number of rotatable bonds is 5. The normalized spacial score (nSPS) is 12.2. The maximum absolute atomic E-state index is 12.2. The lowest BCUT2D eigenvalue weighted by Gasteiger charge is -2.24. The van der Waals surface area contributed by atoms with Gasteiger partial charge >= 0.3 is 0 Å². The van der Waals surface area contributed by atoms with E-state index in [1.54, 1.807) is 24.3 Å². The Hall–Kier alpha value is -2.24. The summed E-state index contributed by atoms with van der Waals surface area (Å²) < 4.78 is 1.83. The van der Waals surface area contributed by atoms with Gasteiger partial charge in [-0.3, -0.25) is 9.48 Å². The van der Waals surface area contributed by atoms with Crippen molar-refractivity contribution in [2.24, 2.45) is 0 Å². The monoisotopic (exact) mass is 273 g/mol. The molecule has 0 radical (unpaired) electrons. The van der Waals surface area contributed by atoms with E-state index in [0.717, 1.165) is 11.4 Å². The van der Waals surface area contributed by atoms with E-state index in [1.807, 2.05) is 30.7 Å². The molecule has 0 unspecified atom stereocenters. The van der Waals surface area contributed by atoms with E-state index in [1.165, 1.54) is 6.33 Å². The van der Waals surface area contributed by atoms with Gasteiger partial charge in [0.15, 0.2) is 0 Å². The zero-order chi connectivity index (χ0) is 14.5. The smallest absolute Gasteiger partial charge is 0.224 e. The maximum Gasteiger partial charge on any atom is 0.224 e. The molecule has 1 amide bonds.